The lowest BCUT2D eigenvalue weighted by atomic mass is 9.99. The number of hydrogen-bond acceptors (Lipinski definition) is 4. The maximum absolute atomic E-state index is 11.2. The van der Waals surface area contributed by atoms with Crippen molar-refractivity contribution in [1.82, 2.24) is 0 Å². The summed E-state index contributed by atoms with van der Waals surface area (Å²) in [6, 6.07) is 4.16. The Labute approximate surface area is 111 Å². The van der Waals surface area contributed by atoms with Gasteiger partial charge in [0.1, 0.15) is 5.69 Å². The van der Waals surface area contributed by atoms with Gasteiger partial charge in [-0.15, -0.1) is 0 Å². The van der Waals surface area contributed by atoms with Gasteiger partial charge in [0.15, 0.2) is 0 Å². The van der Waals surface area contributed by atoms with Crippen LogP contribution >= 0.6 is 0 Å². The Morgan fingerprint density at radius 1 is 1.42 bits per heavy atom. The van der Waals surface area contributed by atoms with Gasteiger partial charge < -0.3 is 11.1 Å². The fourth-order valence-electron chi connectivity index (χ4n) is 2.55. The summed E-state index contributed by atoms with van der Waals surface area (Å²) in [6.45, 7) is 2.04. The molecule has 0 unspecified atom stereocenters. The number of rotatable bonds is 4. The van der Waals surface area contributed by atoms with Crippen LogP contribution in [0.15, 0.2) is 18.2 Å². The summed E-state index contributed by atoms with van der Waals surface area (Å²) in [4.78, 5) is 21.8. The molecule has 1 saturated carbocycles. The first kappa shape index (κ1) is 13.3. The van der Waals surface area contributed by atoms with Crippen LogP contribution in [0.5, 0.6) is 0 Å². The van der Waals surface area contributed by atoms with E-state index in [0.29, 0.717) is 5.69 Å². The number of nitro benzene ring substituents is 1. The van der Waals surface area contributed by atoms with E-state index in [1.165, 1.54) is 18.2 Å². The van der Waals surface area contributed by atoms with Gasteiger partial charge in [-0.2, -0.15) is 0 Å². The Kier molecular flexibility index (Phi) is 3.42. The van der Waals surface area contributed by atoms with Crippen molar-refractivity contribution in [3.63, 3.8) is 0 Å². The van der Waals surface area contributed by atoms with E-state index in [4.69, 9.17) is 5.73 Å². The van der Waals surface area contributed by atoms with Crippen LogP contribution in [0.25, 0.3) is 0 Å². The van der Waals surface area contributed by atoms with Gasteiger partial charge in [0, 0.05) is 17.2 Å². The van der Waals surface area contributed by atoms with E-state index < -0.39 is 10.8 Å². The molecule has 1 aliphatic carbocycles. The summed E-state index contributed by atoms with van der Waals surface area (Å²) >= 11 is 0. The molecule has 102 valence electrons. The lowest BCUT2D eigenvalue weighted by Gasteiger charge is -2.26. The molecule has 3 N–H and O–H groups in total. The van der Waals surface area contributed by atoms with Gasteiger partial charge in [-0.25, -0.2) is 0 Å². The summed E-state index contributed by atoms with van der Waals surface area (Å²) < 4.78 is 0. The monoisotopic (exact) mass is 263 g/mol. The SMILES string of the molecule is CC1(Nc2cc(C(N)=O)ccc2[N+](=O)[O-])CCCC1. The molecule has 1 aromatic rings. The molecule has 0 radical (unpaired) electrons. The van der Waals surface area contributed by atoms with E-state index in [2.05, 4.69) is 5.32 Å². The molecule has 0 aromatic heterocycles. The van der Waals surface area contributed by atoms with Crippen molar-refractivity contribution in [3.05, 3.63) is 33.9 Å². The smallest absolute Gasteiger partial charge is 0.292 e. The summed E-state index contributed by atoms with van der Waals surface area (Å²) in [5, 5.41) is 14.2. The van der Waals surface area contributed by atoms with E-state index in [9.17, 15) is 14.9 Å². The molecule has 0 saturated heterocycles. The van der Waals surface area contributed by atoms with Gasteiger partial charge in [-0.3, -0.25) is 14.9 Å². The maximum atomic E-state index is 11.2. The second-order valence-corrected chi connectivity index (χ2v) is 5.25. The van der Waals surface area contributed by atoms with Crippen molar-refractivity contribution < 1.29 is 9.72 Å². The van der Waals surface area contributed by atoms with Crippen molar-refractivity contribution in [3.8, 4) is 0 Å². The zero-order valence-electron chi connectivity index (χ0n) is 10.8. The third-order valence-corrected chi connectivity index (χ3v) is 3.62. The lowest BCUT2D eigenvalue weighted by Crippen LogP contribution is -2.31. The predicted molar refractivity (Wildman–Crippen MR) is 72.1 cm³/mol. The zero-order valence-corrected chi connectivity index (χ0v) is 10.8. The normalized spacial score (nSPS) is 17.1. The number of primary amides is 1. The van der Waals surface area contributed by atoms with Crippen molar-refractivity contribution in [2.45, 2.75) is 38.1 Å². The third kappa shape index (κ3) is 2.83. The van der Waals surface area contributed by atoms with Gasteiger partial charge in [-0.1, -0.05) is 12.8 Å². The zero-order chi connectivity index (χ0) is 14.0. The van der Waals surface area contributed by atoms with Crippen molar-refractivity contribution >= 4 is 17.3 Å². The Hall–Kier alpha value is -2.11. The van der Waals surface area contributed by atoms with Gasteiger partial charge in [0.2, 0.25) is 5.91 Å². The van der Waals surface area contributed by atoms with E-state index >= 15 is 0 Å². The average Bonchev–Trinajstić information content (AvgIpc) is 2.75. The molecule has 0 aliphatic heterocycles. The number of nitrogens with one attached hydrogen (secondary N) is 1. The Bertz CT molecular complexity index is 522. The molecule has 19 heavy (non-hydrogen) atoms. The molecule has 0 heterocycles. The summed E-state index contributed by atoms with van der Waals surface area (Å²) in [6.07, 6.45) is 4.13. The number of nitrogens with two attached hydrogens (primary N) is 1. The largest absolute Gasteiger partial charge is 0.374 e. The van der Waals surface area contributed by atoms with Crippen LogP contribution in [0, 0.1) is 10.1 Å². The highest BCUT2D eigenvalue weighted by molar-refractivity contribution is 5.94. The second kappa shape index (κ2) is 4.87. The van der Waals surface area contributed by atoms with Crippen molar-refractivity contribution in [2.75, 3.05) is 5.32 Å². The number of anilines is 1. The first-order chi connectivity index (χ1) is 8.91. The quantitative estimate of drug-likeness (QED) is 0.643. The Morgan fingerprint density at radius 3 is 2.58 bits per heavy atom. The number of nitrogens with zero attached hydrogens (tertiary/aromatic N) is 1. The maximum Gasteiger partial charge on any atom is 0.292 e. The number of benzene rings is 1. The molecule has 2 rings (SSSR count). The highest BCUT2D eigenvalue weighted by atomic mass is 16.6. The standard InChI is InChI=1S/C13H17N3O3/c1-13(6-2-3-7-13)15-10-8-9(12(14)17)4-5-11(10)16(18)19/h4-5,8,15H,2-3,6-7H2,1H3,(H2,14,17). The van der Waals surface area contributed by atoms with E-state index in [1.807, 2.05) is 6.92 Å². The van der Waals surface area contributed by atoms with Gasteiger partial charge in [-0.05, 0) is 31.9 Å². The second-order valence-electron chi connectivity index (χ2n) is 5.25. The van der Waals surface area contributed by atoms with Crippen LogP contribution in [0.4, 0.5) is 11.4 Å². The van der Waals surface area contributed by atoms with Crippen molar-refractivity contribution in [1.29, 1.82) is 0 Å². The number of hydrogen-bond donors (Lipinski definition) is 2. The molecule has 6 heteroatoms. The van der Waals surface area contributed by atoms with Crippen LogP contribution in [0.2, 0.25) is 0 Å². The van der Waals surface area contributed by atoms with E-state index in [1.54, 1.807) is 0 Å². The number of carbonyl (C=O) groups excluding carboxylic acids is 1. The molecule has 0 bridgehead atoms. The molecule has 6 nitrogen and oxygen atoms in total. The third-order valence-electron chi connectivity index (χ3n) is 3.62. The fourth-order valence-corrected chi connectivity index (χ4v) is 2.55. The molecule has 1 aliphatic rings. The van der Waals surface area contributed by atoms with Crippen LogP contribution in [0.1, 0.15) is 43.0 Å². The highest BCUT2D eigenvalue weighted by Gasteiger charge is 2.30. The Balaban J connectivity index is 2.37. The number of amides is 1. The van der Waals surface area contributed by atoms with Crippen LogP contribution < -0.4 is 11.1 Å². The minimum absolute atomic E-state index is 0.0295. The number of nitro groups is 1. The molecular weight excluding hydrogens is 246 g/mol. The number of carbonyl (C=O) groups is 1. The predicted octanol–water partition coefficient (Wildman–Crippen LogP) is 2.44. The van der Waals surface area contributed by atoms with Crippen LogP contribution in [-0.2, 0) is 0 Å². The average molecular weight is 263 g/mol. The van der Waals surface area contributed by atoms with Crippen LogP contribution in [-0.4, -0.2) is 16.4 Å². The Morgan fingerprint density at radius 2 is 2.05 bits per heavy atom. The first-order valence-electron chi connectivity index (χ1n) is 6.28. The highest BCUT2D eigenvalue weighted by Crippen LogP contribution is 2.36. The molecule has 0 atom stereocenters. The summed E-state index contributed by atoms with van der Waals surface area (Å²) in [7, 11) is 0. The molecule has 0 spiro atoms. The van der Waals surface area contributed by atoms with Gasteiger partial charge in [0.05, 0.1) is 4.92 Å². The summed E-state index contributed by atoms with van der Waals surface area (Å²) in [5.74, 6) is -0.588. The lowest BCUT2D eigenvalue weighted by molar-refractivity contribution is -0.384. The summed E-state index contributed by atoms with van der Waals surface area (Å²) in [5.41, 5.74) is 5.67. The minimum atomic E-state index is -0.588. The van der Waals surface area contributed by atoms with Gasteiger partial charge in [0.25, 0.3) is 5.69 Å². The molecule has 1 aromatic carbocycles. The molecule has 1 fully saturated rings. The van der Waals surface area contributed by atoms with Crippen LogP contribution in [0.3, 0.4) is 0 Å². The van der Waals surface area contributed by atoms with E-state index in [-0.39, 0.29) is 16.8 Å². The minimum Gasteiger partial charge on any atom is -0.374 e. The topological polar surface area (TPSA) is 98.3 Å². The molecule has 1 amide bonds. The fraction of sp³-hybridized carbons (Fsp3) is 0.462. The van der Waals surface area contributed by atoms with Crippen molar-refractivity contribution in [2.24, 2.45) is 5.73 Å². The van der Waals surface area contributed by atoms with E-state index in [0.717, 1.165) is 25.7 Å². The first-order valence-corrected chi connectivity index (χ1v) is 6.28. The molecular formula is C13H17N3O3. The van der Waals surface area contributed by atoms with Gasteiger partial charge >= 0.3 is 0 Å².